The number of hydrogen-bond acceptors (Lipinski definition) is 2. The fourth-order valence-corrected chi connectivity index (χ4v) is 3.35. The lowest BCUT2D eigenvalue weighted by Crippen LogP contribution is -2.29. The Labute approximate surface area is 112 Å². The van der Waals surface area contributed by atoms with E-state index in [9.17, 15) is 0 Å². The maximum absolute atomic E-state index is 6.21. The molecule has 0 aromatic heterocycles. The minimum Gasteiger partial charge on any atom is -0.271 e. The monoisotopic (exact) mass is 272 g/mol. The minimum absolute atomic E-state index is 0.0549. The first-order valence-electron chi connectivity index (χ1n) is 6.12. The van der Waals surface area contributed by atoms with Gasteiger partial charge in [0.2, 0.25) is 0 Å². The molecule has 1 aromatic carbocycles. The topological polar surface area (TPSA) is 38.0 Å². The molecule has 0 amide bonds. The first kappa shape index (κ1) is 13.2. The molecular weight excluding hydrogens is 255 g/mol. The third kappa shape index (κ3) is 3.14. The van der Waals surface area contributed by atoms with E-state index in [0.29, 0.717) is 10.0 Å². The highest BCUT2D eigenvalue weighted by atomic mass is 35.5. The van der Waals surface area contributed by atoms with Gasteiger partial charge in [-0.3, -0.25) is 11.3 Å². The van der Waals surface area contributed by atoms with Crippen LogP contribution in [0.25, 0.3) is 0 Å². The zero-order valence-electron chi connectivity index (χ0n) is 9.76. The van der Waals surface area contributed by atoms with Crippen LogP contribution in [0.4, 0.5) is 0 Å². The van der Waals surface area contributed by atoms with Crippen molar-refractivity contribution < 1.29 is 0 Å². The molecule has 4 heteroatoms. The highest BCUT2D eigenvalue weighted by Crippen LogP contribution is 2.37. The van der Waals surface area contributed by atoms with Gasteiger partial charge in [0.25, 0.3) is 0 Å². The van der Waals surface area contributed by atoms with E-state index < -0.39 is 0 Å². The fourth-order valence-electron chi connectivity index (χ4n) is 2.69. The van der Waals surface area contributed by atoms with Crippen LogP contribution < -0.4 is 11.3 Å². The van der Waals surface area contributed by atoms with Crippen molar-refractivity contribution in [2.45, 2.75) is 38.1 Å². The van der Waals surface area contributed by atoms with Gasteiger partial charge >= 0.3 is 0 Å². The van der Waals surface area contributed by atoms with E-state index in [1.807, 2.05) is 18.2 Å². The number of halogens is 2. The van der Waals surface area contributed by atoms with Gasteiger partial charge in [-0.1, -0.05) is 55.0 Å². The number of nitrogens with two attached hydrogens (primary N) is 1. The predicted molar refractivity (Wildman–Crippen MR) is 73.1 cm³/mol. The van der Waals surface area contributed by atoms with E-state index >= 15 is 0 Å². The number of nitrogens with one attached hydrogen (secondary N) is 1. The summed E-state index contributed by atoms with van der Waals surface area (Å²) in [5, 5.41) is 1.39. The van der Waals surface area contributed by atoms with Crippen molar-refractivity contribution in [1.29, 1.82) is 0 Å². The molecule has 1 fully saturated rings. The number of hydrogen-bond donors (Lipinski definition) is 2. The van der Waals surface area contributed by atoms with E-state index in [-0.39, 0.29) is 6.04 Å². The van der Waals surface area contributed by atoms with Gasteiger partial charge < -0.3 is 0 Å². The van der Waals surface area contributed by atoms with Crippen LogP contribution in [-0.2, 0) is 0 Å². The molecule has 0 saturated heterocycles. The van der Waals surface area contributed by atoms with Crippen molar-refractivity contribution in [2.24, 2.45) is 11.8 Å². The summed E-state index contributed by atoms with van der Waals surface area (Å²) in [5.74, 6) is 6.39. The van der Waals surface area contributed by atoms with Gasteiger partial charge in [0.05, 0.1) is 0 Å². The average molecular weight is 273 g/mol. The van der Waals surface area contributed by atoms with Crippen LogP contribution in [-0.4, -0.2) is 0 Å². The Hall–Kier alpha value is -0.280. The summed E-state index contributed by atoms with van der Waals surface area (Å²) in [6.45, 7) is 0. The van der Waals surface area contributed by atoms with Crippen LogP contribution in [0.15, 0.2) is 18.2 Å². The molecule has 3 N–H and O–H groups in total. The Balaban J connectivity index is 2.16. The van der Waals surface area contributed by atoms with Crippen molar-refractivity contribution in [1.82, 2.24) is 5.43 Å². The third-order valence-electron chi connectivity index (χ3n) is 3.59. The molecule has 2 rings (SSSR count). The summed E-state index contributed by atoms with van der Waals surface area (Å²) < 4.78 is 0. The maximum Gasteiger partial charge on any atom is 0.0492 e. The normalized spacial score (nSPS) is 18.5. The molecule has 0 bridgehead atoms. The summed E-state index contributed by atoms with van der Waals surface area (Å²) in [6.07, 6.45) is 6.26. The van der Waals surface area contributed by atoms with Crippen molar-refractivity contribution >= 4 is 23.2 Å². The molecule has 1 aromatic rings. The summed E-state index contributed by atoms with van der Waals surface area (Å²) in [5.41, 5.74) is 3.79. The fraction of sp³-hybridized carbons (Fsp3) is 0.538. The molecule has 2 nitrogen and oxygen atoms in total. The van der Waals surface area contributed by atoms with Crippen LogP contribution in [0.5, 0.6) is 0 Å². The molecule has 17 heavy (non-hydrogen) atoms. The lowest BCUT2D eigenvalue weighted by Gasteiger charge is -2.22. The molecule has 1 aliphatic rings. The Morgan fingerprint density at radius 2 is 1.82 bits per heavy atom. The molecule has 1 aliphatic carbocycles. The van der Waals surface area contributed by atoms with E-state index in [1.165, 1.54) is 25.7 Å². The molecule has 0 aliphatic heterocycles. The molecule has 1 atom stereocenters. The van der Waals surface area contributed by atoms with Crippen LogP contribution in [0.1, 0.15) is 43.7 Å². The average Bonchev–Trinajstić information content (AvgIpc) is 2.80. The van der Waals surface area contributed by atoms with Gasteiger partial charge in [-0.05, 0) is 24.5 Å². The highest BCUT2D eigenvalue weighted by molar-refractivity contribution is 6.36. The number of rotatable bonds is 4. The molecule has 0 radical (unpaired) electrons. The largest absolute Gasteiger partial charge is 0.271 e. The van der Waals surface area contributed by atoms with Crippen molar-refractivity contribution in [3.63, 3.8) is 0 Å². The standard InChI is InChI=1S/C13H18Cl2N2/c14-10-6-3-7-11(15)13(10)12(17-16)8-9-4-1-2-5-9/h3,6-7,9,12,17H,1-2,4-5,8,16H2. The van der Waals surface area contributed by atoms with Gasteiger partial charge in [0.1, 0.15) is 0 Å². The van der Waals surface area contributed by atoms with Crippen LogP contribution >= 0.6 is 23.2 Å². The lowest BCUT2D eigenvalue weighted by molar-refractivity contribution is 0.400. The summed E-state index contributed by atoms with van der Waals surface area (Å²) >= 11 is 12.4. The second-order valence-corrected chi connectivity index (χ2v) is 5.56. The summed E-state index contributed by atoms with van der Waals surface area (Å²) in [7, 11) is 0. The zero-order valence-corrected chi connectivity index (χ0v) is 11.3. The zero-order chi connectivity index (χ0) is 12.3. The van der Waals surface area contributed by atoms with Gasteiger partial charge in [0.15, 0.2) is 0 Å². The van der Waals surface area contributed by atoms with Crippen LogP contribution in [0.2, 0.25) is 10.0 Å². The Kier molecular flexibility index (Phi) is 4.69. The molecule has 0 spiro atoms. The summed E-state index contributed by atoms with van der Waals surface area (Å²) in [6, 6.07) is 5.64. The first-order chi connectivity index (χ1) is 8.22. The molecule has 1 saturated carbocycles. The molecule has 1 unspecified atom stereocenters. The van der Waals surface area contributed by atoms with Crippen LogP contribution in [0.3, 0.4) is 0 Å². The Morgan fingerprint density at radius 3 is 2.35 bits per heavy atom. The van der Waals surface area contributed by atoms with E-state index in [2.05, 4.69) is 5.43 Å². The molecule has 0 heterocycles. The van der Waals surface area contributed by atoms with E-state index in [0.717, 1.165) is 17.9 Å². The summed E-state index contributed by atoms with van der Waals surface area (Å²) in [4.78, 5) is 0. The first-order valence-corrected chi connectivity index (χ1v) is 6.88. The minimum atomic E-state index is 0.0549. The predicted octanol–water partition coefficient (Wildman–Crippen LogP) is 4.08. The van der Waals surface area contributed by atoms with Crippen LogP contribution in [0, 0.1) is 5.92 Å². The SMILES string of the molecule is NNC(CC1CCCC1)c1c(Cl)cccc1Cl. The number of hydrazine groups is 1. The van der Waals surface area contributed by atoms with Gasteiger partial charge in [-0.25, -0.2) is 0 Å². The quantitative estimate of drug-likeness (QED) is 0.640. The van der Waals surface area contributed by atoms with Crippen molar-refractivity contribution in [3.05, 3.63) is 33.8 Å². The maximum atomic E-state index is 6.21. The van der Waals surface area contributed by atoms with E-state index in [1.54, 1.807) is 0 Å². The Bertz CT molecular complexity index is 355. The van der Waals surface area contributed by atoms with Gasteiger partial charge in [0, 0.05) is 21.7 Å². The smallest absolute Gasteiger partial charge is 0.0492 e. The number of benzene rings is 1. The van der Waals surface area contributed by atoms with Gasteiger partial charge in [-0.2, -0.15) is 0 Å². The molecule has 94 valence electrons. The van der Waals surface area contributed by atoms with Gasteiger partial charge in [-0.15, -0.1) is 0 Å². The Morgan fingerprint density at radius 1 is 1.24 bits per heavy atom. The second kappa shape index (κ2) is 6.05. The molecular formula is C13H18Cl2N2. The third-order valence-corrected chi connectivity index (χ3v) is 4.25. The second-order valence-electron chi connectivity index (χ2n) is 4.74. The van der Waals surface area contributed by atoms with Crippen molar-refractivity contribution in [3.8, 4) is 0 Å². The van der Waals surface area contributed by atoms with E-state index in [4.69, 9.17) is 29.0 Å². The van der Waals surface area contributed by atoms with Crippen molar-refractivity contribution in [2.75, 3.05) is 0 Å². The highest BCUT2D eigenvalue weighted by Gasteiger charge is 2.23. The lowest BCUT2D eigenvalue weighted by atomic mass is 9.94.